The molecule has 1 aliphatic carbocycles. The minimum absolute atomic E-state index is 0.137. The summed E-state index contributed by atoms with van der Waals surface area (Å²) in [5, 5.41) is 10.9. The van der Waals surface area contributed by atoms with E-state index < -0.39 is 37.9 Å². The zero-order valence-corrected chi connectivity index (χ0v) is 20.1. The molecule has 2 fully saturated rings. The summed E-state index contributed by atoms with van der Waals surface area (Å²) < 4.78 is 67.0. The van der Waals surface area contributed by atoms with Gasteiger partial charge in [0.05, 0.1) is 33.4 Å². The average molecular weight is 493 g/mol. The van der Waals surface area contributed by atoms with Crippen molar-refractivity contribution in [3.8, 4) is 5.88 Å². The molecule has 33 heavy (non-hydrogen) atoms. The number of amides is 1. The van der Waals surface area contributed by atoms with Crippen molar-refractivity contribution in [2.24, 2.45) is 5.41 Å². The first-order chi connectivity index (χ1) is 15.0. The number of aromatic nitrogens is 1. The number of hydrogen-bond acceptors (Lipinski definition) is 6. The van der Waals surface area contributed by atoms with Crippen molar-refractivity contribution in [3.63, 3.8) is 0 Å². The maximum Gasteiger partial charge on any atom is 0.425 e. The van der Waals surface area contributed by atoms with Gasteiger partial charge in [-0.05, 0) is 65.9 Å². The molecule has 1 spiro atoms. The van der Waals surface area contributed by atoms with Crippen molar-refractivity contribution in [2.75, 3.05) is 17.2 Å². The Morgan fingerprint density at radius 3 is 2.24 bits per heavy atom. The molecule has 1 N–H and O–H groups in total. The van der Waals surface area contributed by atoms with Gasteiger partial charge in [0, 0.05) is 12.6 Å². The van der Waals surface area contributed by atoms with E-state index in [0.717, 1.165) is 6.92 Å². The highest BCUT2D eigenvalue weighted by Crippen LogP contribution is 2.49. The molecule has 3 rings (SSSR count). The van der Waals surface area contributed by atoms with E-state index in [1.165, 1.54) is 18.3 Å². The van der Waals surface area contributed by atoms with Crippen molar-refractivity contribution in [1.82, 2.24) is 4.98 Å². The second-order valence-corrected chi connectivity index (χ2v) is 13.0. The highest BCUT2D eigenvalue weighted by atomic mass is 32.2. The van der Waals surface area contributed by atoms with Crippen molar-refractivity contribution >= 4 is 21.4 Å². The van der Waals surface area contributed by atoms with E-state index in [1.54, 1.807) is 25.7 Å². The molecule has 1 saturated heterocycles. The molecule has 2 heterocycles. The van der Waals surface area contributed by atoms with Crippen molar-refractivity contribution < 1.29 is 36.2 Å². The van der Waals surface area contributed by atoms with E-state index in [1.807, 2.05) is 0 Å². The SMILES string of the molecule is C[C@@H](Oc1ccc(N2CCC3(CCC(O)(CS(=O)(=O)C(C)(C)C)CC3)C2=O)cn1)C(F)(F)F. The minimum atomic E-state index is -4.51. The predicted molar refractivity (Wildman–Crippen MR) is 117 cm³/mol. The second kappa shape index (κ2) is 8.41. The third kappa shape index (κ3) is 5.29. The number of sulfone groups is 1. The number of carbonyl (C=O) groups is 1. The second-order valence-electron chi connectivity index (χ2n) is 10.2. The molecule has 1 saturated carbocycles. The first-order valence-corrected chi connectivity index (χ1v) is 12.6. The van der Waals surface area contributed by atoms with E-state index in [-0.39, 0.29) is 30.4 Å². The molecule has 1 amide bonds. The van der Waals surface area contributed by atoms with Gasteiger partial charge in [-0.2, -0.15) is 13.2 Å². The molecule has 186 valence electrons. The Bertz CT molecular complexity index is 979. The zero-order valence-electron chi connectivity index (χ0n) is 19.3. The number of rotatable bonds is 5. The van der Waals surface area contributed by atoms with Crippen molar-refractivity contribution in [1.29, 1.82) is 0 Å². The van der Waals surface area contributed by atoms with Gasteiger partial charge in [-0.3, -0.25) is 4.79 Å². The van der Waals surface area contributed by atoms with Crippen LogP contribution in [0.4, 0.5) is 18.9 Å². The summed E-state index contributed by atoms with van der Waals surface area (Å²) >= 11 is 0. The van der Waals surface area contributed by atoms with E-state index in [9.17, 15) is 31.5 Å². The Hall–Kier alpha value is -1.88. The molecule has 0 radical (unpaired) electrons. The highest BCUT2D eigenvalue weighted by Gasteiger charge is 2.53. The molecule has 1 aromatic heterocycles. The first kappa shape index (κ1) is 25.7. The van der Waals surface area contributed by atoms with Crippen LogP contribution in [0, 0.1) is 5.41 Å². The Morgan fingerprint density at radius 1 is 1.15 bits per heavy atom. The Balaban J connectivity index is 1.66. The standard InChI is InChI=1S/C22H31F3N2O5S/c1-15(22(23,24)25)32-17-6-5-16(13-26-17)27-12-11-20(18(27)28)7-9-21(29,10-8-20)14-33(30,31)19(2,3)4/h5-6,13,15,29H,7-12,14H2,1-4H3/t15-,20?,21?/m1/s1. The van der Waals surface area contributed by atoms with Gasteiger partial charge < -0.3 is 14.7 Å². The van der Waals surface area contributed by atoms with Crippen LogP contribution in [0.2, 0.25) is 0 Å². The lowest BCUT2D eigenvalue weighted by molar-refractivity contribution is -0.189. The minimum Gasteiger partial charge on any atom is -0.465 e. The highest BCUT2D eigenvalue weighted by molar-refractivity contribution is 7.92. The zero-order chi connectivity index (χ0) is 24.9. The molecule has 0 aromatic carbocycles. The summed E-state index contributed by atoms with van der Waals surface area (Å²) in [6.07, 6.45) is -3.48. The molecule has 0 bridgehead atoms. The quantitative estimate of drug-likeness (QED) is 0.674. The number of aliphatic hydroxyl groups is 1. The lowest BCUT2D eigenvalue weighted by Crippen LogP contribution is -2.49. The topological polar surface area (TPSA) is 96.8 Å². The normalized spacial score (nSPS) is 27.8. The molecular formula is C22H31F3N2O5S. The number of nitrogens with zero attached hydrogens (tertiary/aromatic N) is 2. The lowest BCUT2D eigenvalue weighted by Gasteiger charge is -2.41. The fraction of sp³-hybridized carbons (Fsp3) is 0.727. The maximum absolute atomic E-state index is 13.3. The monoisotopic (exact) mass is 492 g/mol. The van der Waals surface area contributed by atoms with Crippen LogP contribution < -0.4 is 9.64 Å². The molecule has 7 nitrogen and oxygen atoms in total. The van der Waals surface area contributed by atoms with Crippen LogP contribution in [-0.4, -0.2) is 59.3 Å². The van der Waals surface area contributed by atoms with Gasteiger partial charge in [0.1, 0.15) is 0 Å². The van der Waals surface area contributed by atoms with Crippen LogP contribution in [0.1, 0.15) is 59.8 Å². The van der Waals surface area contributed by atoms with Gasteiger partial charge in [0.2, 0.25) is 11.8 Å². The van der Waals surface area contributed by atoms with E-state index >= 15 is 0 Å². The van der Waals surface area contributed by atoms with Crippen LogP contribution in [0.5, 0.6) is 5.88 Å². The Morgan fingerprint density at radius 2 is 1.76 bits per heavy atom. The number of pyridine rings is 1. The predicted octanol–water partition coefficient (Wildman–Crippen LogP) is 3.65. The number of halogens is 3. The van der Waals surface area contributed by atoms with Gasteiger partial charge >= 0.3 is 6.18 Å². The van der Waals surface area contributed by atoms with E-state index in [4.69, 9.17) is 4.74 Å². The summed E-state index contributed by atoms with van der Waals surface area (Å²) in [7, 11) is -3.52. The van der Waals surface area contributed by atoms with Gasteiger partial charge in [-0.1, -0.05) is 0 Å². The maximum atomic E-state index is 13.3. The largest absolute Gasteiger partial charge is 0.465 e. The summed E-state index contributed by atoms with van der Waals surface area (Å²) in [5.74, 6) is -0.658. The molecule has 2 aliphatic rings. The molecular weight excluding hydrogens is 461 g/mol. The molecule has 1 atom stereocenters. The average Bonchev–Trinajstić information content (AvgIpc) is 3.00. The van der Waals surface area contributed by atoms with Gasteiger partial charge in [0.25, 0.3) is 0 Å². The van der Waals surface area contributed by atoms with Crippen molar-refractivity contribution in [2.45, 2.75) is 82.4 Å². The summed E-state index contributed by atoms with van der Waals surface area (Å²) in [5.41, 5.74) is -1.58. The number of hydrogen-bond donors (Lipinski definition) is 1. The number of alkyl halides is 3. The lowest BCUT2D eigenvalue weighted by atomic mass is 9.68. The van der Waals surface area contributed by atoms with Crippen molar-refractivity contribution in [3.05, 3.63) is 18.3 Å². The van der Waals surface area contributed by atoms with Crippen LogP contribution >= 0.6 is 0 Å². The summed E-state index contributed by atoms with van der Waals surface area (Å²) in [6.45, 7) is 6.10. The van der Waals surface area contributed by atoms with Crippen LogP contribution in [0.25, 0.3) is 0 Å². The first-order valence-electron chi connectivity index (χ1n) is 10.9. The van der Waals surface area contributed by atoms with E-state index in [2.05, 4.69) is 4.98 Å². The fourth-order valence-electron chi connectivity index (χ4n) is 4.29. The molecule has 0 unspecified atom stereocenters. The van der Waals surface area contributed by atoms with Crippen LogP contribution in [-0.2, 0) is 14.6 Å². The van der Waals surface area contributed by atoms with Gasteiger partial charge in [-0.15, -0.1) is 0 Å². The third-order valence-corrected chi connectivity index (χ3v) is 9.62. The molecule has 11 heteroatoms. The summed E-state index contributed by atoms with van der Waals surface area (Å²) in [4.78, 5) is 18.7. The third-order valence-electron chi connectivity index (χ3n) is 6.83. The number of ether oxygens (including phenoxy) is 1. The van der Waals surface area contributed by atoms with Gasteiger partial charge in [-0.25, -0.2) is 13.4 Å². The smallest absolute Gasteiger partial charge is 0.425 e. The number of carbonyl (C=O) groups excluding carboxylic acids is 1. The Kier molecular flexibility index (Phi) is 6.56. The number of anilines is 1. The molecule has 1 aromatic rings. The van der Waals surface area contributed by atoms with Crippen LogP contribution in [0.3, 0.4) is 0 Å². The Labute approximate surface area is 192 Å². The van der Waals surface area contributed by atoms with E-state index in [0.29, 0.717) is 31.5 Å². The molecule has 1 aliphatic heterocycles. The summed E-state index contributed by atoms with van der Waals surface area (Å²) in [6, 6.07) is 2.80. The van der Waals surface area contributed by atoms with Gasteiger partial charge in [0.15, 0.2) is 15.9 Å². The van der Waals surface area contributed by atoms with Crippen LogP contribution in [0.15, 0.2) is 18.3 Å². The fourth-order valence-corrected chi connectivity index (χ4v) is 5.72.